The molecule has 7 heteroatoms. The van der Waals surface area contributed by atoms with Crippen LogP contribution in [-0.2, 0) is 0 Å². The Morgan fingerprint density at radius 1 is 1.25 bits per heavy atom. The third-order valence-electron chi connectivity index (χ3n) is 3.20. The number of halogens is 2. The molecule has 0 fully saturated rings. The van der Waals surface area contributed by atoms with Gasteiger partial charge in [0.2, 0.25) is 5.13 Å². The molecule has 4 nitrogen and oxygen atoms in total. The molecule has 0 atom stereocenters. The molecule has 1 N–H and O–H groups in total. The monoisotopic (exact) mass is 405 g/mol. The van der Waals surface area contributed by atoms with Gasteiger partial charge in [-0.15, -0.1) is 11.3 Å². The topological polar surface area (TPSA) is 46.5 Å². The van der Waals surface area contributed by atoms with Crippen molar-refractivity contribution in [1.29, 1.82) is 0 Å². The Labute approximate surface area is 151 Å². The standard InChI is InChI=1S/C17H13BrFN3OS/c1-23-16-7-4-13(18)8-12(16)9-20-22-17-21-15(10-24-17)11-2-5-14(19)6-3-11/h2-10H,1H3,(H,21,22)/b20-9-. The smallest absolute Gasteiger partial charge is 0.203 e. The number of thiazole rings is 1. The quantitative estimate of drug-likeness (QED) is 0.470. The molecule has 122 valence electrons. The molecule has 0 amide bonds. The molecular weight excluding hydrogens is 393 g/mol. The van der Waals surface area contributed by atoms with E-state index in [4.69, 9.17) is 4.74 Å². The molecule has 0 spiro atoms. The lowest BCUT2D eigenvalue weighted by Gasteiger charge is -2.04. The predicted octanol–water partition coefficient (Wildman–Crippen LogP) is 5.17. The predicted molar refractivity (Wildman–Crippen MR) is 99.4 cm³/mol. The first-order valence-corrected chi connectivity index (χ1v) is 8.67. The van der Waals surface area contributed by atoms with Gasteiger partial charge >= 0.3 is 0 Å². The summed E-state index contributed by atoms with van der Waals surface area (Å²) >= 11 is 4.85. The van der Waals surface area contributed by atoms with Crippen molar-refractivity contribution in [2.45, 2.75) is 0 Å². The van der Waals surface area contributed by atoms with Crippen LogP contribution in [0, 0.1) is 5.82 Å². The fourth-order valence-electron chi connectivity index (χ4n) is 2.04. The van der Waals surface area contributed by atoms with Gasteiger partial charge in [-0.2, -0.15) is 5.10 Å². The molecule has 1 heterocycles. The lowest BCUT2D eigenvalue weighted by molar-refractivity contribution is 0.414. The molecule has 24 heavy (non-hydrogen) atoms. The Morgan fingerprint density at radius 3 is 2.79 bits per heavy atom. The van der Waals surface area contributed by atoms with Gasteiger partial charge in [0.25, 0.3) is 0 Å². The van der Waals surface area contributed by atoms with Crippen LogP contribution in [0.4, 0.5) is 9.52 Å². The highest BCUT2D eigenvalue weighted by atomic mass is 79.9. The molecule has 0 aliphatic carbocycles. The van der Waals surface area contributed by atoms with E-state index in [9.17, 15) is 4.39 Å². The average molecular weight is 406 g/mol. The molecular formula is C17H13BrFN3OS. The van der Waals surface area contributed by atoms with Gasteiger partial charge in [-0.3, -0.25) is 5.43 Å². The Bertz CT molecular complexity index is 865. The first kappa shape index (κ1) is 16.6. The van der Waals surface area contributed by atoms with Crippen LogP contribution in [0.3, 0.4) is 0 Å². The minimum Gasteiger partial charge on any atom is -0.496 e. The van der Waals surface area contributed by atoms with Crippen molar-refractivity contribution in [2.75, 3.05) is 12.5 Å². The maximum Gasteiger partial charge on any atom is 0.203 e. The third kappa shape index (κ3) is 3.98. The zero-order valence-corrected chi connectivity index (χ0v) is 15.1. The third-order valence-corrected chi connectivity index (χ3v) is 4.44. The van der Waals surface area contributed by atoms with Crippen LogP contribution in [0.5, 0.6) is 5.75 Å². The summed E-state index contributed by atoms with van der Waals surface area (Å²) in [6, 6.07) is 11.9. The first-order valence-electron chi connectivity index (χ1n) is 7.00. The van der Waals surface area contributed by atoms with E-state index in [1.54, 1.807) is 25.5 Å². The van der Waals surface area contributed by atoms with Crippen LogP contribution >= 0.6 is 27.3 Å². The molecule has 0 saturated carbocycles. The molecule has 0 aliphatic heterocycles. The number of benzene rings is 2. The van der Waals surface area contributed by atoms with Crippen LogP contribution in [-0.4, -0.2) is 18.3 Å². The normalized spacial score (nSPS) is 11.0. The second-order valence-corrected chi connectivity index (χ2v) is 6.57. The van der Waals surface area contributed by atoms with Gasteiger partial charge < -0.3 is 4.74 Å². The maximum absolute atomic E-state index is 13.0. The molecule has 0 radical (unpaired) electrons. The van der Waals surface area contributed by atoms with E-state index >= 15 is 0 Å². The Balaban J connectivity index is 1.71. The Kier molecular flexibility index (Phi) is 5.22. The highest BCUT2D eigenvalue weighted by Crippen LogP contribution is 2.25. The van der Waals surface area contributed by atoms with E-state index in [1.165, 1.54) is 23.5 Å². The van der Waals surface area contributed by atoms with Gasteiger partial charge in [0.1, 0.15) is 11.6 Å². The van der Waals surface area contributed by atoms with Crippen molar-refractivity contribution in [3.05, 3.63) is 63.7 Å². The molecule has 0 saturated heterocycles. The second kappa shape index (κ2) is 7.55. The van der Waals surface area contributed by atoms with Crippen molar-refractivity contribution < 1.29 is 9.13 Å². The van der Waals surface area contributed by atoms with Gasteiger partial charge in [0, 0.05) is 21.0 Å². The van der Waals surface area contributed by atoms with Gasteiger partial charge in [0.05, 0.1) is 19.0 Å². The SMILES string of the molecule is COc1ccc(Br)cc1/C=N\Nc1nc(-c2ccc(F)cc2)cs1. The summed E-state index contributed by atoms with van der Waals surface area (Å²) < 4.78 is 19.2. The van der Waals surface area contributed by atoms with E-state index in [1.807, 2.05) is 23.6 Å². The van der Waals surface area contributed by atoms with E-state index in [-0.39, 0.29) is 5.82 Å². The summed E-state index contributed by atoms with van der Waals surface area (Å²) in [5.41, 5.74) is 5.37. The summed E-state index contributed by atoms with van der Waals surface area (Å²) in [5.74, 6) is 0.467. The van der Waals surface area contributed by atoms with Gasteiger partial charge in [-0.25, -0.2) is 9.37 Å². The second-order valence-electron chi connectivity index (χ2n) is 4.80. The molecule has 1 aromatic heterocycles. The first-order chi connectivity index (χ1) is 11.7. The summed E-state index contributed by atoms with van der Waals surface area (Å²) in [6.45, 7) is 0. The molecule has 0 unspecified atom stereocenters. The number of anilines is 1. The number of hydrogen-bond donors (Lipinski definition) is 1. The van der Waals surface area contributed by atoms with Crippen molar-refractivity contribution >= 4 is 38.6 Å². The largest absolute Gasteiger partial charge is 0.496 e. The number of nitrogens with one attached hydrogen (secondary N) is 1. The maximum atomic E-state index is 13.0. The number of hydrazone groups is 1. The van der Waals surface area contributed by atoms with E-state index in [0.29, 0.717) is 5.13 Å². The van der Waals surface area contributed by atoms with Gasteiger partial charge in [0.15, 0.2) is 0 Å². The summed E-state index contributed by atoms with van der Waals surface area (Å²) in [4.78, 5) is 4.43. The number of hydrogen-bond acceptors (Lipinski definition) is 5. The van der Waals surface area contributed by atoms with Crippen LogP contribution in [0.15, 0.2) is 57.4 Å². The van der Waals surface area contributed by atoms with Crippen molar-refractivity contribution in [3.63, 3.8) is 0 Å². The highest BCUT2D eigenvalue weighted by molar-refractivity contribution is 9.10. The lowest BCUT2D eigenvalue weighted by Crippen LogP contribution is -1.94. The number of rotatable bonds is 5. The van der Waals surface area contributed by atoms with Gasteiger partial charge in [-0.05, 0) is 42.5 Å². The fraction of sp³-hybridized carbons (Fsp3) is 0.0588. The van der Waals surface area contributed by atoms with Crippen LogP contribution in [0.2, 0.25) is 0 Å². The zero-order valence-electron chi connectivity index (χ0n) is 12.7. The van der Waals surface area contributed by atoms with Crippen LogP contribution in [0.25, 0.3) is 11.3 Å². The summed E-state index contributed by atoms with van der Waals surface area (Å²) in [6.07, 6.45) is 1.67. The lowest BCUT2D eigenvalue weighted by atomic mass is 10.2. The Morgan fingerprint density at radius 2 is 2.04 bits per heavy atom. The highest BCUT2D eigenvalue weighted by Gasteiger charge is 2.05. The van der Waals surface area contributed by atoms with Crippen LogP contribution < -0.4 is 10.2 Å². The number of ether oxygens (including phenoxy) is 1. The number of methoxy groups -OCH3 is 1. The summed E-state index contributed by atoms with van der Waals surface area (Å²) in [7, 11) is 1.61. The molecule has 3 rings (SSSR count). The van der Waals surface area contributed by atoms with Crippen molar-refractivity contribution in [2.24, 2.45) is 5.10 Å². The van der Waals surface area contributed by atoms with E-state index in [0.717, 1.165) is 27.0 Å². The van der Waals surface area contributed by atoms with Gasteiger partial charge in [-0.1, -0.05) is 15.9 Å². The van der Waals surface area contributed by atoms with Crippen LogP contribution in [0.1, 0.15) is 5.56 Å². The van der Waals surface area contributed by atoms with E-state index in [2.05, 4.69) is 31.4 Å². The number of nitrogens with zero attached hydrogens (tertiary/aromatic N) is 2. The zero-order chi connectivity index (χ0) is 16.9. The summed E-state index contributed by atoms with van der Waals surface area (Å²) in [5, 5.41) is 6.74. The molecule has 0 bridgehead atoms. The molecule has 2 aromatic carbocycles. The number of aromatic nitrogens is 1. The minimum atomic E-state index is -0.264. The van der Waals surface area contributed by atoms with Crippen molar-refractivity contribution in [1.82, 2.24) is 4.98 Å². The fourth-order valence-corrected chi connectivity index (χ4v) is 3.09. The minimum absolute atomic E-state index is 0.264. The van der Waals surface area contributed by atoms with E-state index < -0.39 is 0 Å². The average Bonchev–Trinajstić information content (AvgIpc) is 3.05. The molecule has 0 aliphatic rings. The molecule has 3 aromatic rings. The Hall–Kier alpha value is -2.25. The van der Waals surface area contributed by atoms with Crippen molar-refractivity contribution in [3.8, 4) is 17.0 Å².